The number of hydrogen-bond donors (Lipinski definition) is 1. The van der Waals surface area contributed by atoms with Gasteiger partial charge in [-0.25, -0.2) is 13.1 Å². The molecule has 2 aromatic carbocycles. The monoisotopic (exact) mass is 450 g/mol. The summed E-state index contributed by atoms with van der Waals surface area (Å²) in [6, 6.07) is 13.8. The van der Waals surface area contributed by atoms with Crippen LogP contribution in [0.1, 0.15) is 37.5 Å². The number of hydrogen-bond acceptors (Lipinski definition) is 6. The highest BCUT2D eigenvalue weighted by Crippen LogP contribution is 2.33. The molecule has 5 rings (SSSR count). The van der Waals surface area contributed by atoms with Gasteiger partial charge in [0.1, 0.15) is 12.4 Å². The highest BCUT2D eigenvalue weighted by molar-refractivity contribution is 7.90. The van der Waals surface area contributed by atoms with E-state index in [1.165, 1.54) is 16.8 Å². The van der Waals surface area contributed by atoms with E-state index in [0.29, 0.717) is 16.9 Å². The van der Waals surface area contributed by atoms with Crippen LogP contribution in [0.15, 0.2) is 48.5 Å². The Labute approximate surface area is 183 Å². The van der Waals surface area contributed by atoms with Crippen LogP contribution in [0.4, 0.5) is 5.82 Å². The number of imide groups is 1. The number of carbonyl (C=O) groups is 3. The van der Waals surface area contributed by atoms with E-state index < -0.39 is 34.1 Å². The molecule has 3 amide bonds. The molecule has 0 saturated carbocycles. The molecule has 3 heterocycles. The van der Waals surface area contributed by atoms with Crippen molar-refractivity contribution < 1.29 is 22.8 Å². The Hall–Kier alpha value is -3.79. The van der Waals surface area contributed by atoms with Gasteiger partial charge in [-0.15, -0.1) is 0 Å². The van der Waals surface area contributed by atoms with Crippen LogP contribution >= 0.6 is 0 Å². The quantitative estimate of drug-likeness (QED) is 0.606. The lowest BCUT2D eigenvalue weighted by molar-refractivity contribution is -0.116. The molecule has 2 aliphatic heterocycles. The first-order chi connectivity index (χ1) is 15.2. The summed E-state index contributed by atoms with van der Waals surface area (Å²) in [5.74, 6) is -1.92. The summed E-state index contributed by atoms with van der Waals surface area (Å²) in [6.45, 7) is 1.44. The first kappa shape index (κ1) is 20.1. The van der Waals surface area contributed by atoms with Gasteiger partial charge < -0.3 is 5.32 Å². The van der Waals surface area contributed by atoms with Gasteiger partial charge in [-0.3, -0.25) is 19.3 Å². The third kappa shape index (κ3) is 3.28. The molecule has 0 fully saturated rings. The maximum Gasteiger partial charge on any atom is 0.262 e. The van der Waals surface area contributed by atoms with E-state index in [4.69, 9.17) is 0 Å². The third-order valence-corrected chi connectivity index (χ3v) is 6.95. The number of amides is 3. The Kier molecular flexibility index (Phi) is 4.48. The van der Waals surface area contributed by atoms with Crippen LogP contribution in [0.25, 0.3) is 5.69 Å². The molecule has 0 aliphatic carbocycles. The second-order valence-electron chi connectivity index (χ2n) is 7.84. The number of fused-ring (bicyclic) bond motifs is 2. The van der Waals surface area contributed by atoms with Gasteiger partial charge in [-0.05, 0) is 31.2 Å². The van der Waals surface area contributed by atoms with Crippen molar-refractivity contribution in [2.75, 3.05) is 11.9 Å². The smallest absolute Gasteiger partial charge is 0.262 e. The molecule has 10 heteroatoms. The van der Waals surface area contributed by atoms with Crippen molar-refractivity contribution in [2.24, 2.45) is 0 Å². The van der Waals surface area contributed by atoms with Crippen molar-refractivity contribution in [3.8, 4) is 5.69 Å². The highest BCUT2D eigenvalue weighted by atomic mass is 32.2. The number of anilines is 1. The van der Waals surface area contributed by atoms with Gasteiger partial charge in [-0.1, -0.05) is 29.8 Å². The minimum atomic E-state index is -3.35. The van der Waals surface area contributed by atoms with Crippen LogP contribution in [-0.2, 0) is 26.1 Å². The van der Waals surface area contributed by atoms with Crippen molar-refractivity contribution in [3.63, 3.8) is 0 Å². The van der Waals surface area contributed by atoms with Gasteiger partial charge >= 0.3 is 0 Å². The Morgan fingerprint density at radius 3 is 2.25 bits per heavy atom. The lowest BCUT2D eigenvalue weighted by Crippen LogP contribution is -2.37. The molecule has 1 aromatic heterocycles. The number of nitrogens with zero attached hydrogens (tertiary/aromatic N) is 3. The van der Waals surface area contributed by atoms with Gasteiger partial charge in [0.2, 0.25) is 5.91 Å². The van der Waals surface area contributed by atoms with E-state index in [2.05, 4.69) is 10.4 Å². The summed E-state index contributed by atoms with van der Waals surface area (Å²) in [5, 5.41) is 7.10. The summed E-state index contributed by atoms with van der Waals surface area (Å²) in [4.78, 5) is 38.9. The van der Waals surface area contributed by atoms with E-state index in [-0.39, 0.29) is 28.5 Å². The summed E-state index contributed by atoms with van der Waals surface area (Å²) in [5.41, 5.74) is 2.98. The van der Waals surface area contributed by atoms with Crippen LogP contribution < -0.4 is 5.32 Å². The SMILES string of the molecule is Cc1ccc(-n2nc3c(c2NC(=O)CN2C(=O)c4ccccc4C2=O)CS(=O)(=O)C3)cc1. The maximum absolute atomic E-state index is 12.9. The Morgan fingerprint density at radius 1 is 1.00 bits per heavy atom. The first-order valence-corrected chi connectivity index (χ1v) is 11.7. The molecule has 1 N–H and O–H groups in total. The van der Waals surface area contributed by atoms with Crippen molar-refractivity contribution in [3.05, 3.63) is 76.5 Å². The predicted octanol–water partition coefficient (Wildman–Crippen LogP) is 1.84. The van der Waals surface area contributed by atoms with Crippen molar-refractivity contribution in [1.29, 1.82) is 0 Å². The molecule has 2 aliphatic rings. The Bertz CT molecular complexity index is 1370. The Balaban J connectivity index is 1.45. The third-order valence-electron chi connectivity index (χ3n) is 5.50. The summed E-state index contributed by atoms with van der Waals surface area (Å²) in [6.07, 6.45) is 0. The molecular formula is C22H18N4O5S. The number of sulfone groups is 1. The van der Waals surface area contributed by atoms with Gasteiger partial charge in [0.05, 0.1) is 34.0 Å². The maximum atomic E-state index is 12.9. The standard InChI is InChI=1S/C22H18N4O5S/c1-13-6-8-14(9-7-13)26-20(17-11-32(30,31)12-18(17)24-26)23-19(27)10-25-21(28)15-4-2-3-5-16(15)22(25)29/h2-9H,10-12H2,1H3,(H,23,27). The molecule has 9 nitrogen and oxygen atoms in total. The predicted molar refractivity (Wildman–Crippen MR) is 115 cm³/mol. The number of nitrogens with one attached hydrogen (secondary N) is 1. The molecule has 0 spiro atoms. The van der Waals surface area contributed by atoms with Gasteiger partial charge in [-0.2, -0.15) is 5.10 Å². The minimum absolute atomic E-state index is 0.206. The molecular weight excluding hydrogens is 432 g/mol. The topological polar surface area (TPSA) is 118 Å². The van der Waals surface area contributed by atoms with E-state index in [9.17, 15) is 22.8 Å². The first-order valence-electron chi connectivity index (χ1n) is 9.87. The number of rotatable bonds is 4. The molecule has 0 bridgehead atoms. The number of aromatic nitrogens is 2. The van der Waals surface area contributed by atoms with E-state index >= 15 is 0 Å². The van der Waals surface area contributed by atoms with Crippen LogP contribution in [0.2, 0.25) is 0 Å². The molecule has 0 saturated heterocycles. The molecule has 0 unspecified atom stereocenters. The summed E-state index contributed by atoms with van der Waals surface area (Å²) < 4.78 is 25.7. The van der Waals surface area contributed by atoms with Crippen LogP contribution in [0.5, 0.6) is 0 Å². The lowest BCUT2D eigenvalue weighted by atomic mass is 10.1. The van der Waals surface area contributed by atoms with E-state index in [0.717, 1.165) is 10.5 Å². The van der Waals surface area contributed by atoms with Gasteiger partial charge in [0.15, 0.2) is 9.84 Å². The number of aryl methyl sites for hydroxylation is 1. The molecule has 0 radical (unpaired) electrons. The zero-order chi connectivity index (χ0) is 22.6. The summed E-state index contributed by atoms with van der Waals surface area (Å²) >= 11 is 0. The normalized spacial score (nSPS) is 16.2. The molecule has 0 atom stereocenters. The van der Waals surface area contributed by atoms with Crippen molar-refractivity contribution >= 4 is 33.4 Å². The highest BCUT2D eigenvalue weighted by Gasteiger charge is 2.37. The van der Waals surface area contributed by atoms with Crippen LogP contribution in [0.3, 0.4) is 0 Å². The fraction of sp³-hybridized carbons (Fsp3) is 0.182. The molecule has 32 heavy (non-hydrogen) atoms. The van der Waals surface area contributed by atoms with Gasteiger partial charge in [0.25, 0.3) is 11.8 Å². The number of benzene rings is 2. The van der Waals surface area contributed by atoms with Crippen LogP contribution in [-0.4, -0.2) is 47.4 Å². The second kappa shape index (κ2) is 7.13. The molecule has 162 valence electrons. The Morgan fingerprint density at radius 2 is 1.62 bits per heavy atom. The lowest BCUT2D eigenvalue weighted by Gasteiger charge is -2.15. The van der Waals surface area contributed by atoms with Crippen molar-refractivity contribution in [1.82, 2.24) is 14.7 Å². The summed E-state index contributed by atoms with van der Waals surface area (Å²) in [7, 11) is -3.35. The molecule has 3 aromatic rings. The fourth-order valence-electron chi connectivity index (χ4n) is 3.94. The average Bonchev–Trinajstić information content (AvgIpc) is 3.31. The van der Waals surface area contributed by atoms with E-state index in [1.807, 2.05) is 31.2 Å². The van der Waals surface area contributed by atoms with Crippen molar-refractivity contribution in [2.45, 2.75) is 18.4 Å². The van der Waals surface area contributed by atoms with Crippen LogP contribution in [0, 0.1) is 6.92 Å². The zero-order valence-electron chi connectivity index (χ0n) is 17.0. The fourth-order valence-corrected chi connectivity index (χ4v) is 5.44. The van der Waals surface area contributed by atoms with E-state index in [1.54, 1.807) is 12.1 Å². The minimum Gasteiger partial charge on any atom is -0.309 e. The van der Waals surface area contributed by atoms with Gasteiger partial charge in [0, 0.05) is 5.56 Å². The number of carbonyl (C=O) groups excluding carboxylic acids is 3. The second-order valence-corrected chi connectivity index (χ2v) is 9.91. The zero-order valence-corrected chi connectivity index (χ0v) is 17.8. The largest absolute Gasteiger partial charge is 0.309 e. The average molecular weight is 450 g/mol.